The third-order valence-corrected chi connectivity index (χ3v) is 4.34. The Hall–Kier alpha value is -2.11. The Kier molecular flexibility index (Phi) is 7.22. The lowest BCUT2D eigenvalue weighted by Crippen LogP contribution is -2.30. The Balaban J connectivity index is 0.00000225. The molecule has 6 heteroatoms. The fourth-order valence-electron chi connectivity index (χ4n) is 2.99. The van der Waals surface area contributed by atoms with Crippen LogP contribution in [0.1, 0.15) is 35.0 Å². The number of aromatic nitrogens is 2. The number of hydrogen-bond acceptors (Lipinski definition) is 3. The van der Waals surface area contributed by atoms with Crippen LogP contribution in [0.3, 0.4) is 0 Å². The van der Waals surface area contributed by atoms with E-state index in [1.165, 1.54) is 11.1 Å². The summed E-state index contributed by atoms with van der Waals surface area (Å²) in [7, 11) is 0. The molecule has 1 amide bonds. The van der Waals surface area contributed by atoms with E-state index in [0.717, 1.165) is 31.6 Å². The smallest absolute Gasteiger partial charge is 0.255 e. The number of carbonyl (C=O) groups excluding carboxylic acids is 1. The van der Waals surface area contributed by atoms with Gasteiger partial charge in [0.05, 0.1) is 24.0 Å². The highest BCUT2D eigenvalue weighted by molar-refractivity contribution is 5.95. The van der Waals surface area contributed by atoms with Crippen LogP contribution in [-0.4, -0.2) is 35.3 Å². The van der Waals surface area contributed by atoms with Gasteiger partial charge in [0.25, 0.3) is 5.91 Å². The van der Waals surface area contributed by atoms with E-state index in [4.69, 9.17) is 0 Å². The van der Waals surface area contributed by atoms with E-state index < -0.39 is 0 Å². The molecule has 0 saturated heterocycles. The minimum Gasteiger partial charge on any atom is -0.348 e. The van der Waals surface area contributed by atoms with Gasteiger partial charge in [0.2, 0.25) is 0 Å². The molecule has 0 aliphatic carbocycles. The number of hydrogen-bond donors (Lipinski definition) is 2. The number of nitrogens with one attached hydrogen (secondary N) is 2. The van der Waals surface area contributed by atoms with Gasteiger partial charge in [0.1, 0.15) is 0 Å². The van der Waals surface area contributed by atoms with Gasteiger partial charge in [-0.15, -0.1) is 12.4 Å². The van der Waals surface area contributed by atoms with Crippen LogP contribution in [0.4, 0.5) is 0 Å². The molecule has 25 heavy (non-hydrogen) atoms. The molecular formula is C19H25ClN4O. The predicted molar refractivity (Wildman–Crippen MR) is 102 cm³/mol. The average Bonchev–Trinajstić information content (AvgIpc) is 3.04. The third-order valence-electron chi connectivity index (χ3n) is 4.34. The maximum absolute atomic E-state index is 12.5. The van der Waals surface area contributed by atoms with Crippen molar-refractivity contribution in [1.82, 2.24) is 20.4 Å². The van der Waals surface area contributed by atoms with Gasteiger partial charge in [-0.1, -0.05) is 48.9 Å². The summed E-state index contributed by atoms with van der Waals surface area (Å²) in [5.74, 6) is -0.0365. The molecule has 2 heterocycles. The van der Waals surface area contributed by atoms with E-state index in [-0.39, 0.29) is 18.3 Å². The first-order valence-electron chi connectivity index (χ1n) is 8.53. The quantitative estimate of drug-likeness (QED) is 0.778. The maximum atomic E-state index is 12.5. The Morgan fingerprint density at radius 3 is 2.80 bits per heavy atom. The second-order valence-corrected chi connectivity index (χ2v) is 6.00. The van der Waals surface area contributed by atoms with Crippen LogP contribution >= 0.6 is 12.4 Å². The number of carbonyl (C=O) groups is 1. The van der Waals surface area contributed by atoms with Crippen molar-refractivity contribution in [3.8, 4) is 0 Å². The standard InChI is InChI=1S/C19H24N4O.ClH/c1-2-18-17(19(24)21-12-15-8-10-20-11-9-15)13-22-23(18)14-16-6-4-3-5-7-16;/h3-8,13,20H,2,9-12,14H2,1H3,(H,21,24);1H. The summed E-state index contributed by atoms with van der Waals surface area (Å²) in [5, 5.41) is 10.7. The second-order valence-electron chi connectivity index (χ2n) is 6.00. The van der Waals surface area contributed by atoms with Crippen molar-refractivity contribution in [2.24, 2.45) is 0 Å². The molecule has 0 unspecified atom stereocenters. The monoisotopic (exact) mass is 360 g/mol. The lowest BCUT2D eigenvalue weighted by Gasteiger charge is -2.14. The molecule has 1 aromatic heterocycles. The Morgan fingerprint density at radius 1 is 1.32 bits per heavy atom. The minimum absolute atomic E-state index is 0. The van der Waals surface area contributed by atoms with Crippen molar-refractivity contribution in [3.63, 3.8) is 0 Å². The van der Waals surface area contributed by atoms with Crippen LogP contribution in [0.15, 0.2) is 48.2 Å². The zero-order valence-corrected chi connectivity index (χ0v) is 15.3. The van der Waals surface area contributed by atoms with Crippen molar-refractivity contribution in [3.05, 3.63) is 65.0 Å². The van der Waals surface area contributed by atoms with E-state index >= 15 is 0 Å². The van der Waals surface area contributed by atoms with Crippen LogP contribution in [0.2, 0.25) is 0 Å². The molecule has 0 spiro atoms. The summed E-state index contributed by atoms with van der Waals surface area (Å²) in [6.45, 7) is 5.24. The molecule has 1 aliphatic rings. The summed E-state index contributed by atoms with van der Waals surface area (Å²) in [6, 6.07) is 10.2. The number of amides is 1. The first-order chi connectivity index (χ1) is 11.8. The van der Waals surface area contributed by atoms with E-state index in [2.05, 4.69) is 40.9 Å². The summed E-state index contributed by atoms with van der Waals surface area (Å²) in [5.41, 5.74) is 4.14. The second kappa shape index (κ2) is 9.39. The van der Waals surface area contributed by atoms with Gasteiger partial charge in [-0.2, -0.15) is 5.10 Å². The molecule has 2 aromatic rings. The van der Waals surface area contributed by atoms with Gasteiger partial charge >= 0.3 is 0 Å². The summed E-state index contributed by atoms with van der Waals surface area (Å²) in [6.07, 6.45) is 5.62. The van der Waals surface area contributed by atoms with Crippen molar-refractivity contribution in [1.29, 1.82) is 0 Å². The number of benzene rings is 1. The van der Waals surface area contributed by atoms with Crippen molar-refractivity contribution in [2.75, 3.05) is 19.6 Å². The summed E-state index contributed by atoms with van der Waals surface area (Å²) >= 11 is 0. The molecule has 1 aliphatic heterocycles. The van der Waals surface area contributed by atoms with E-state index in [1.54, 1.807) is 6.20 Å². The van der Waals surface area contributed by atoms with E-state index in [1.807, 2.05) is 22.9 Å². The van der Waals surface area contributed by atoms with Gasteiger partial charge in [-0.25, -0.2) is 0 Å². The first-order valence-corrected chi connectivity index (χ1v) is 8.53. The highest BCUT2D eigenvalue weighted by Crippen LogP contribution is 2.13. The molecule has 0 atom stereocenters. The van der Waals surface area contributed by atoms with Crippen molar-refractivity contribution in [2.45, 2.75) is 26.3 Å². The van der Waals surface area contributed by atoms with Gasteiger partial charge < -0.3 is 10.6 Å². The molecule has 3 rings (SSSR count). The van der Waals surface area contributed by atoms with Gasteiger partial charge in [-0.05, 0) is 24.9 Å². The van der Waals surface area contributed by atoms with Crippen molar-refractivity contribution < 1.29 is 4.79 Å². The summed E-state index contributed by atoms with van der Waals surface area (Å²) < 4.78 is 1.92. The first kappa shape index (κ1) is 19.2. The molecule has 0 saturated carbocycles. The molecule has 2 N–H and O–H groups in total. The van der Waals surface area contributed by atoms with Crippen LogP contribution < -0.4 is 10.6 Å². The normalized spacial score (nSPS) is 13.7. The Labute approximate surface area is 154 Å². The zero-order chi connectivity index (χ0) is 16.8. The van der Waals surface area contributed by atoms with Gasteiger partial charge in [-0.3, -0.25) is 9.48 Å². The molecule has 1 aromatic carbocycles. The molecule has 5 nitrogen and oxygen atoms in total. The Bertz CT molecular complexity index is 724. The topological polar surface area (TPSA) is 59.0 Å². The van der Waals surface area contributed by atoms with Gasteiger partial charge in [0.15, 0.2) is 0 Å². The Morgan fingerprint density at radius 2 is 2.12 bits per heavy atom. The minimum atomic E-state index is -0.0365. The fourth-order valence-corrected chi connectivity index (χ4v) is 2.99. The maximum Gasteiger partial charge on any atom is 0.255 e. The van der Waals surface area contributed by atoms with Crippen LogP contribution in [0.5, 0.6) is 0 Å². The van der Waals surface area contributed by atoms with Crippen molar-refractivity contribution >= 4 is 18.3 Å². The molecule has 0 radical (unpaired) electrons. The predicted octanol–water partition coefficient (Wildman–Crippen LogP) is 2.57. The number of halogens is 1. The van der Waals surface area contributed by atoms with E-state index in [0.29, 0.717) is 18.7 Å². The average molecular weight is 361 g/mol. The highest BCUT2D eigenvalue weighted by Gasteiger charge is 2.16. The van der Waals surface area contributed by atoms with Gasteiger partial charge in [0, 0.05) is 13.1 Å². The molecular weight excluding hydrogens is 336 g/mol. The molecule has 0 bridgehead atoms. The fraction of sp³-hybridized carbons (Fsp3) is 0.368. The van der Waals surface area contributed by atoms with Crippen LogP contribution in [-0.2, 0) is 13.0 Å². The van der Waals surface area contributed by atoms with Crippen LogP contribution in [0.25, 0.3) is 0 Å². The lowest BCUT2D eigenvalue weighted by molar-refractivity contribution is 0.0955. The summed E-state index contributed by atoms with van der Waals surface area (Å²) in [4.78, 5) is 12.5. The largest absolute Gasteiger partial charge is 0.348 e. The number of nitrogens with zero attached hydrogens (tertiary/aromatic N) is 2. The highest BCUT2D eigenvalue weighted by atomic mass is 35.5. The third kappa shape index (κ3) is 4.94. The lowest BCUT2D eigenvalue weighted by atomic mass is 10.1. The van der Waals surface area contributed by atoms with Crippen LogP contribution in [0, 0.1) is 0 Å². The molecule has 134 valence electrons. The van der Waals surface area contributed by atoms with E-state index in [9.17, 15) is 4.79 Å². The number of rotatable bonds is 6. The molecule has 0 fully saturated rings. The zero-order valence-electron chi connectivity index (χ0n) is 14.5. The SMILES string of the molecule is CCc1c(C(=O)NCC2=CCNCC2)cnn1Cc1ccccc1.Cl.